The van der Waals surface area contributed by atoms with E-state index >= 15 is 0 Å². The zero-order valence-corrected chi connectivity index (χ0v) is 23.3. The van der Waals surface area contributed by atoms with Gasteiger partial charge in [0.25, 0.3) is 0 Å². The number of aliphatic hydroxyl groups is 2. The Morgan fingerprint density at radius 1 is 0.667 bits per heavy atom. The van der Waals surface area contributed by atoms with Gasteiger partial charge < -0.3 is 49.7 Å². The molecule has 13 heteroatoms. The molecule has 0 saturated carbocycles. The maximum absolute atomic E-state index is 11.1. The highest BCUT2D eigenvalue weighted by Crippen LogP contribution is 2.11. The molecule has 216 valence electrons. The molecule has 13 nitrogen and oxygen atoms in total. The van der Waals surface area contributed by atoms with Crippen molar-refractivity contribution in [1.29, 1.82) is 0 Å². The van der Waals surface area contributed by atoms with Gasteiger partial charge in [0.1, 0.15) is 16.8 Å². The van der Waals surface area contributed by atoms with E-state index in [1.54, 1.807) is 62.3 Å². The summed E-state index contributed by atoms with van der Waals surface area (Å²) in [5.41, 5.74) is 3.20. The zero-order chi connectivity index (χ0) is 28.8. The second-order valence-corrected chi connectivity index (χ2v) is 9.92. The molecular weight excluding hydrogens is 480 g/mol. The number of carbonyl (C=O) groups is 3. The number of alkyl carbamates (subject to hydrolysis) is 1. The third kappa shape index (κ3) is 39.0. The van der Waals surface area contributed by atoms with E-state index in [4.69, 9.17) is 39.6 Å². The van der Waals surface area contributed by atoms with Crippen molar-refractivity contribution >= 4 is 18.4 Å². The Bertz CT molecular complexity index is 550. The number of nitrogens with one attached hydrogen (secondary N) is 1. The highest BCUT2D eigenvalue weighted by Gasteiger charge is 2.24. The van der Waals surface area contributed by atoms with E-state index in [9.17, 15) is 14.4 Å². The molecule has 1 amide bonds. The van der Waals surface area contributed by atoms with Crippen molar-refractivity contribution in [2.24, 2.45) is 5.73 Å². The maximum Gasteiger partial charge on any atom is 0.519 e. The van der Waals surface area contributed by atoms with Crippen LogP contribution < -0.4 is 11.1 Å². The SMILES string of the molecule is CC(C)(C)OC(=O)NCCOCCO.CC(C)(C)OC(=O)OC(=O)OC(C)(C)C.NCCOCCO. The molecule has 0 fully saturated rings. The van der Waals surface area contributed by atoms with Crippen LogP contribution in [-0.2, 0) is 28.4 Å². The molecule has 0 heterocycles. The summed E-state index contributed by atoms with van der Waals surface area (Å²) in [6.45, 7) is 18.0. The summed E-state index contributed by atoms with van der Waals surface area (Å²) < 4.78 is 28.5. The Hall–Kier alpha value is -2.19. The number of ether oxygens (including phenoxy) is 6. The summed E-state index contributed by atoms with van der Waals surface area (Å²) in [7, 11) is 0. The third-order valence-corrected chi connectivity index (χ3v) is 2.59. The summed E-state index contributed by atoms with van der Waals surface area (Å²) in [5.74, 6) is 0. The van der Waals surface area contributed by atoms with E-state index in [0.717, 1.165) is 0 Å². The molecule has 0 bridgehead atoms. The molecule has 0 aromatic carbocycles. The summed E-state index contributed by atoms with van der Waals surface area (Å²) in [5, 5.41) is 19.0. The molecule has 0 aliphatic rings. The number of nitrogens with two attached hydrogens (primary N) is 1. The first-order valence-corrected chi connectivity index (χ1v) is 11.5. The molecule has 0 atom stereocenters. The van der Waals surface area contributed by atoms with E-state index in [0.29, 0.717) is 32.9 Å². The van der Waals surface area contributed by atoms with Crippen molar-refractivity contribution in [2.45, 2.75) is 79.1 Å². The summed E-state index contributed by atoms with van der Waals surface area (Å²) in [6, 6.07) is 0. The van der Waals surface area contributed by atoms with Gasteiger partial charge in [-0.2, -0.15) is 0 Å². The fourth-order valence-electron chi connectivity index (χ4n) is 1.57. The average molecular weight is 529 g/mol. The molecule has 0 aliphatic carbocycles. The van der Waals surface area contributed by atoms with Gasteiger partial charge in [0.15, 0.2) is 0 Å². The molecule has 0 aromatic heterocycles. The van der Waals surface area contributed by atoms with Crippen LogP contribution in [-0.4, -0.2) is 98.2 Å². The summed E-state index contributed by atoms with van der Waals surface area (Å²) in [6.07, 6.45) is -2.57. The van der Waals surface area contributed by atoms with Gasteiger partial charge in [-0.05, 0) is 62.3 Å². The second kappa shape index (κ2) is 20.9. The van der Waals surface area contributed by atoms with Gasteiger partial charge in [0.05, 0.1) is 39.6 Å². The van der Waals surface area contributed by atoms with Crippen molar-refractivity contribution in [3.63, 3.8) is 0 Å². The van der Waals surface area contributed by atoms with Gasteiger partial charge in [-0.3, -0.25) is 0 Å². The standard InChI is InChI=1S/C10H18O5.C9H19NO4.C4H11NO2/c1-9(2,3)14-7(11)13-8(12)15-10(4,5)6;1-9(2,3)14-8(12)10-4-6-13-7-5-11;5-1-3-7-4-2-6/h1-6H3;11H,4-7H2,1-3H3,(H,10,12);6H,1-5H2. The number of aliphatic hydroxyl groups excluding tert-OH is 2. The van der Waals surface area contributed by atoms with Crippen LogP contribution in [0.1, 0.15) is 62.3 Å². The Balaban J connectivity index is -0.000000483. The summed E-state index contributed by atoms with van der Waals surface area (Å²) >= 11 is 0. The Morgan fingerprint density at radius 2 is 1.06 bits per heavy atom. The minimum absolute atomic E-state index is 0.00750. The van der Waals surface area contributed by atoms with E-state index in [2.05, 4.69) is 10.1 Å². The lowest BCUT2D eigenvalue weighted by Crippen LogP contribution is -2.34. The molecule has 0 rings (SSSR count). The van der Waals surface area contributed by atoms with E-state index in [1.165, 1.54) is 0 Å². The Kier molecular flexibility index (Phi) is 22.3. The number of hydrogen-bond donors (Lipinski definition) is 4. The van der Waals surface area contributed by atoms with Crippen molar-refractivity contribution < 1.29 is 53.0 Å². The lowest BCUT2D eigenvalue weighted by Gasteiger charge is -2.20. The second-order valence-electron chi connectivity index (χ2n) is 9.92. The van der Waals surface area contributed by atoms with E-state index in [-0.39, 0.29) is 19.8 Å². The van der Waals surface area contributed by atoms with Crippen molar-refractivity contribution in [3.8, 4) is 0 Å². The predicted octanol–water partition coefficient (Wildman–Crippen LogP) is 2.35. The number of hydrogen-bond acceptors (Lipinski definition) is 12. The van der Waals surface area contributed by atoms with Gasteiger partial charge in [0, 0.05) is 13.1 Å². The molecule has 5 N–H and O–H groups in total. The summed E-state index contributed by atoms with van der Waals surface area (Å²) in [4.78, 5) is 33.1. The Morgan fingerprint density at radius 3 is 1.39 bits per heavy atom. The van der Waals surface area contributed by atoms with Crippen molar-refractivity contribution in [2.75, 3.05) is 52.7 Å². The quantitative estimate of drug-likeness (QED) is 0.148. The minimum atomic E-state index is -1.06. The van der Waals surface area contributed by atoms with Crippen LogP contribution >= 0.6 is 0 Å². The zero-order valence-electron chi connectivity index (χ0n) is 23.3. The topological polar surface area (TPSA) is 185 Å². The lowest BCUT2D eigenvalue weighted by atomic mass is 10.2. The van der Waals surface area contributed by atoms with Crippen LogP contribution in [0.15, 0.2) is 0 Å². The van der Waals surface area contributed by atoms with E-state index in [1.807, 2.05) is 0 Å². The monoisotopic (exact) mass is 528 g/mol. The fourth-order valence-corrected chi connectivity index (χ4v) is 1.57. The van der Waals surface area contributed by atoms with Crippen LogP contribution in [0.4, 0.5) is 14.4 Å². The van der Waals surface area contributed by atoms with Crippen LogP contribution in [0.25, 0.3) is 0 Å². The molecular formula is C23H48N2O11. The largest absolute Gasteiger partial charge is 0.519 e. The van der Waals surface area contributed by atoms with Crippen LogP contribution in [0, 0.1) is 0 Å². The predicted molar refractivity (Wildman–Crippen MR) is 133 cm³/mol. The van der Waals surface area contributed by atoms with Gasteiger partial charge in [0.2, 0.25) is 0 Å². The lowest BCUT2D eigenvalue weighted by molar-refractivity contribution is -0.0294. The van der Waals surface area contributed by atoms with Crippen molar-refractivity contribution in [1.82, 2.24) is 5.32 Å². The fraction of sp³-hybridized carbons (Fsp3) is 0.870. The van der Waals surface area contributed by atoms with Gasteiger partial charge in [-0.25, -0.2) is 14.4 Å². The van der Waals surface area contributed by atoms with Crippen LogP contribution in [0.5, 0.6) is 0 Å². The average Bonchev–Trinajstić information content (AvgIpc) is 2.64. The maximum atomic E-state index is 11.1. The minimum Gasteiger partial charge on any atom is -0.444 e. The molecule has 36 heavy (non-hydrogen) atoms. The molecule has 0 saturated heterocycles. The number of amides is 1. The van der Waals surface area contributed by atoms with Crippen LogP contribution in [0.2, 0.25) is 0 Å². The molecule has 0 radical (unpaired) electrons. The van der Waals surface area contributed by atoms with Crippen LogP contribution in [0.3, 0.4) is 0 Å². The Labute approximate surface area is 214 Å². The first kappa shape index (κ1) is 38.3. The van der Waals surface area contributed by atoms with Gasteiger partial charge >= 0.3 is 18.4 Å². The third-order valence-electron chi connectivity index (χ3n) is 2.59. The molecule has 0 unspecified atom stereocenters. The first-order chi connectivity index (χ1) is 16.4. The van der Waals surface area contributed by atoms with Crippen molar-refractivity contribution in [3.05, 3.63) is 0 Å². The smallest absolute Gasteiger partial charge is 0.444 e. The van der Waals surface area contributed by atoms with E-state index < -0.39 is 35.2 Å². The van der Waals surface area contributed by atoms with Gasteiger partial charge in [-0.15, -0.1) is 0 Å². The number of carbonyl (C=O) groups excluding carboxylic acids is 3. The molecule has 0 spiro atoms. The highest BCUT2D eigenvalue weighted by molar-refractivity contribution is 5.77. The molecule has 0 aliphatic heterocycles. The highest BCUT2D eigenvalue weighted by atomic mass is 16.8. The first-order valence-electron chi connectivity index (χ1n) is 11.5. The van der Waals surface area contributed by atoms with Gasteiger partial charge in [-0.1, -0.05) is 0 Å². The number of rotatable bonds is 9. The normalized spacial score (nSPS) is 11.1. The molecule has 0 aromatic rings.